The van der Waals surface area contributed by atoms with Gasteiger partial charge in [-0.3, -0.25) is 9.59 Å². The number of anilines is 1. The van der Waals surface area contributed by atoms with Crippen LogP contribution in [0, 0.1) is 0 Å². The lowest BCUT2D eigenvalue weighted by molar-refractivity contribution is -0.121. The second-order valence-electron chi connectivity index (χ2n) is 6.89. The Morgan fingerprint density at radius 2 is 2.21 bits per heavy atom. The number of aromatic nitrogens is 1. The lowest BCUT2D eigenvalue weighted by Crippen LogP contribution is -2.54. The molecule has 1 aromatic carbocycles. The summed E-state index contributed by atoms with van der Waals surface area (Å²) in [6.45, 7) is 2.07. The molecular formula is C20H20ClN3O3S. The standard InChI is InChI=1S/C20H20ClN3O3S/c1-2-13(25)10-24-16-6-4-3-5-11(16)7-15(20(24)27)22-18(26)14-8-12-9-17(21)28-19(12)23-14/h3-6,8-9,13,15,23,25H,2,7,10H2,1H3,(H,22,26). The molecule has 2 unspecified atom stereocenters. The van der Waals surface area contributed by atoms with Crippen molar-refractivity contribution < 1.29 is 14.7 Å². The van der Waals surface area contributed by atoms with Crippen LogP contribution in [0.2, 0.25) is 4.34 Å². The molecule has 3 heterocycles. The number of carbonyl (C=O) groups excluding carboxylic acids is 2. The van der Waals surface area contributed by atoms with Crippen molar-refractivity contribution in [1.29, 1.82) is 0 Å². The van der Waals surface area contributed by atoms with Crippen molar-refractivity contribution in [3.8, 4) is 0 Å². The molecule has 4 rings (SSSR count). The van der Waals surface area contributed by atoms with Crippen molar-refractivity contribution in [3.05, 3.63) is 52.0 Å². The molecule has 0 radical (unpaired) electrons. The first-order valence-electron chi connectivity index (χ1n) is 9.12. The molecule has 1 aliphatic rings. The zero-order valence-electron chi connectivity index (χ0n) is 15.2. The smallest absolute Gasteiger partial charge is 0.268 e. The van der Waals surface area contributed by atoms with Gasteiger partial charge in [0.1, 0.15) is 16.6 Å². The number of thiophene rings is 1. The maximum Gasteiger partial charge on any atom is 0.268 e. The monoisotopic (exact) mass is 417 g/mol. The summed E-state index contributed by atoms with van der Waals surface area (Å²) >= 11 is 7.34. The predicted molar refractivity (Wildman–Crippen MR) is 111 cm³/mol. The lowest BCUT2D eigenvalue weighted by Gasteiger charge is -2.35. The first-order valence-corrected chi connectivity index (χ1v) is 10.3. The minimum Gasteiger partial charge on any atom is -0.391 e. The first-order chi connectivity index (χ1) is 13.5. The molecule has 2 amide bonds. The number of aliphatic hydroxyl groups excluding tert-OH is 1. The van der Waals surface area contributed by atoms with Crippen LogP contribution >= 0.6 is 22.9 Å². The van der Waals surface area contributed by atoms with E-state index in [2.05, 4.69) is 10.3 Å². The minimum atomic E-state index is -0.684. The molecule has 28 heavy (non-hydrogen) atoms. The highest BCUT2D eigenvalue weighted by molar-refractivity contribution is 7.22. The number of fused-ring (bicyclic) bond motifs is 2. The van der Waals surface area contributed by atoms with Gasteiger partial charge in [0.15, 0.2) is 0 Å². The third kappa shape index (κ3) is 3.53. The summed E-state index contributed by atoms with van der Waals surface area (Å²) in [5, 5.41) is 13.8. The molecule has 0 saturated heterocycles. The van der Waals surface area contributed by atoms with E-state index in [1.54, 1.807) is 17.0 Å². The maximum absolute atomic E-state index is 13.0. The second kappa shape index (κ2) is 7.58. The molecule has 0 bridgehead atoms. The molecule has 0 spiro atoms. The molecule has 0 aliphatic carbocycles. The minimum absolute atomic E-state index is 0.204. The molecule has 3 N–H and O–H groups in total. The van der Waals surface area contributed by atoms with Crippen molar-refractivity contribution in [2.75, 3.05) is 11.4 Å². The Labute approximate surface area is 171 Å². The van der Waals surface area contributed by atoms with E-state index in [4.69, 9.17) is 11.6 Å². The third-order valence-corrected chi connectivity index (χ3v) is 6.16. The van der Waals surface area contributed by atoms with E-state index in [1.807, 2.05) is 31.2 Å². The van der Waals surface area contributed by atoms with Gasteiger partial charge in [-0.1, -0.05) is 36.7 Å². The Morgan fingerprint density at radius 3 is 2.96 bits per heavy atom. The molecule has 0 saturated carbocycles. The summed E-state index contributed by atoms with van der Waals surface area (Å²) in [6, 6.07) is 10.4. The van der Waals surface area contributed by atoms with E-state index in [-0.39, 0.29) is 18.4 Å². The van der Waals surface area contributed by atoms with Crippen LogP contribution < -0.4 is 10.2 Å². The molecule has 146 valence electrons. The number of halogens is 1. The number of nitrogens with one attached hydrogen (secondary N) is 2. The van der Waals surface area contributed by atoms with Gasteiger partial charge in [0.05, 0.1) is 17.0 Å². The Morgan fingerprint density at radius 1 is 1.43 bits per heavy atom. The fraction of sp³-hybridized carbons (Fsp3) is 0.300. The van der Waals surface area contributed by atoms with Crippen LogP contribution in [0.5, 0.6) is 0 Å². The molecule has 8 heteroatoms. The third-order valence-electron chi connectivity index (χ3n) is 4.96. The topological polar surface area (TPSA) is 85.4 Å². The number of H-pyrrole nitrogens is 1. The van der Waals surface area contributed by atoms with Gasteiger partial charge in [0, 0.05) is 17.5 Å². The zero-order chi connectivity index (χ0) is 19.8. The van der Waals surface area contributed by atoms with Crippen molar-refractivity contribution in [2.45, 2.75) is 31.9 Å². The summed E-state index contributed by atoms with van der Waals surface area (Å²) in [7, 11) is 0. The van der Waals surface area contributed by atoms with Gasteiger partial charge in [-0.25, -0.2) is 0 Å². The molecular weight excluding hydrogens is 398 g/mol. The van der Waals surface area contributed by atoms with Gasteiger partial charge in [0.2, 0.25) is 5.91 Å². The number of carbonyl (C=O) groups is 2. The van der Waals surface area contributed by atoms with Crippen LogP contribution in [0.4, 0.5) is 5.69 Å². The second-order valence-corrected chi connectivity index (χ2v) is 8.57. The Balaban J connectivity index is 1.57. The summed E-state index contributed by atoms with van der Waals surface area (Å²) in [6.07, 6.45) is 0.344. The highest BCUT2D eigenvalue weighted by Crippen LogP contribution is 2.30. The fourth-order valence-electron chi connectivity index (χ4n) is 3.45. The van der Waals surface area contributed by atoms with Crippen molar-refractivity contribution in [2.24, 2.45) is 0 Å². The molecule has 2 atom stereocenters. The number of hydrogen-bond acceptors (Lipinski definition) is 4. The Hall–Kier alpha value is -2.35. The van der Waals surface area contributed by atoms with Crippen LogP contribution in [0.15, 0.2) is 36.4 Å². The molecule has 3 aromatic rings. The Bertz CT molecular complexity index is 1010. The number of aliphatic hydroxyl groups is 1. The van der Waals surface area contributed by atoms with Crippen LogP contribution in [0.3, 0.4) is 0 Å². The van der Waals surface area contributed by atoms with Crippen molar-refractivity contribution in [1.82, 2.24) is 10.3 Å². The first kappa shape index (κ1) is 19.0. The van der Waals surface area contributed by atoms with E-state index in [0.717, 1.165) is 21.5 Å². The van der Waals surface area contributed by atoms with E-state index >= 15 is 0 Å². The number of hydrogen-bond donors (Lipinski definition) is 3. The van der Waals surface area contributed by atoms with Crippen molar-refractivity contribution >= 4 is 50.7 Å². The fourth-order valence-corrected chi connectivity index (χ4v) is 4.58. The number of β-amino-alcohol motifs (C(OH)–C–C–N with tert-alkyl or cyclic N) is 1. The number of para-hydroxylation sites is 1. The van der Waals surface area contributed by atoms with Gasteiger partial charge < -0.3 is 20.3 Å². The molecule has 0 fully saturated rings. The van der Waals surface area contributed by atoms with Gasteiger partial charge >= 0.3 is 0 Å². The maximum atomic E-state index is 13.0. The SMILES string of the molecule is CCC(O)CN1C(=O)C(NC(=O)c2cc3cc(Cl)sc3[nH]2)Cc2ccccc21. The summed E-state index contributed by atoms with van der Waals surface area (Å²) in [4.78, 5) is 31.2. The van der Waals surface area contributed by atoms with Crippen LogP contribution in [-0.2, 0) is 11.2 Å². The average molecular weight is 418 g/mol. The van der Waals surface area contributed by atoms with Crippen LogP contribution in [0.25, 0.3) is 10.2 Å². The molecule has 6 nitrogen and oxygen atoms in total. The van der Waals surface area contributed by atoms with Gasteiger partial charge in [-0.15, -0.1) is 11.3 Å². The van der Waals surface area contributed by atoms with Crippen LogP contribution in [-0.4, -0.2) is 40.6 Å². The normalized spacial score (nSPS) is 17.6. The lowest BCUT2D eigenvalue weighted by atomic mass is 9.96. The Kier molecular flexibility index (Phi) is 5.14. The molecule has 2 aromatic heterocycles. The highest BCUT2D eigenvalue weighted by atomic mass is 35.5. The van der Waals surface area contributed by atoms with Crippen molar-refractivity contribution in [3.63, 3.8) is 0 Å². The highest BCUT2D eigenvalue weighted by Gasteiger charge is 2.34. The number of nitrogens with zero attached hydrogens (tertiary/aromatic N) is 1. The summed E-state index contributed by atoms with van der Waals surface area (Å²) < 4.78 is 0.650. The van der Waals surface area contributed by atoms with Gasteiger partial charge in [-0.2, -0.15) is 0 Å². The van der Waals surface area contributed by atoms with Gasteiger partial charge in [-0.05, 0) is 30.2 Å². The van der Waals surface area contributed by atoms with E-state index in [0.29, 0.717) is 22.9 Å². The number of rotatable bonds is 5. The zero-order valence-corrected chi connectivity index (χ0v) is 16.8. The van der Waals surface area contributed by atoms with E-state index < -0.39 is 12.1 Å². The number of amides is 2. The van der Waals surface area contributed by atoms with E-state index in [1.165, 1.54) is 11.3 Å². The van der Waals surface area contributed by atoms with E-state index in [9.17, 15) is 14.7 Å². The number of aromatic amines is 1. The number of benzene rings is 1. The van der Waals surface area contributed by atoms with Crippen LogP contribution in [0.1, 0.15) is 29.4 Å². The van der Waals surface area contributed by atoms with Gasteiger partial charge in [0.25, 0.3) is 5.91 Å². The quantitative estimate of drug-likeness (QED) is 0.595. The summed E-state index contributed by atoms with van der Waals surface area (Å²) in [5.41, 5.74) is 2.15. The predicted octanol–water partition coefficient (Wildman–Crippen LogP) is 3.34. The summed E-state index contributed by atoms with van der Waals surface area (Å²) in [5.74, 6) is -0.552. The largest absolute Gasteiger partial charge is 0.391 e. The average Bonchev–Trinajstić information content (AvgIpc) is 3.22. The molecule has 1 aliphatic heterocycles.